The molecule has 0 aliphatic carbocycles. The van der Waals surface area contributed by atoms with Crippen LogP contribution in [0.5, 0.6) is 0 Å². The average molecular weight is 442 g/mol. The quantitative estimate of drug-likeness (QED) is 0.438. The number of benzene rings is 1. The number of aromatic nitrogens is 4. The molecule has 7 nitrogen and oxygen atoms in total. The van der Waals surface area contributed by atoms with E-state index in [2.05, 4.69) is 44.2 Å². The lowest BCUT2D eigenvalue weighted by Gasteiger charge is -2.21. The van der Waals surface area contributed by atoms with Crippen LogP contribution in [-0.2, 0) is 18.2 Å². The Balaban J connectivity index is 1.11. The summed E-state index contributed by atoms with van der Waals surface area (Å²) in [6.07, 6.45) is 6.83. The topological polar surface area (TPSA) is 78.0 Å². The Hall–Kier alpha value is -2.06. The van der Waals surface area contributed by atoms with E-state index in [9.17, 15) is 0 Å². The SMILES string of the molecule is Cc1nc2cc3c(cc2o1)NCC(CCCSc1nnc(C2CCOCC2)n1C)CC3. The number of thioether (sulfide) groups is 1. The van der Waals surface area contributed by atoms with Crippen LogP contribution in [0.1, 0.15) is 55.3 Å². The lowest BCUT2D eigenvalue weighted by atomic mass is 9.97. The minimum absolute atomic E-state index is 0.487. The van der Waals surface area contributed by atoms with E-state index >= 15 is 0 Å². The molecule has 2 aliphatic heterocycles. The zero-order chi connectivity index (χ0) is 21.2. The fourth-order valence-corrected chi connectivity index (χ4v) is 5.64. The van der Waals surface area contributed by atoms with Crippen molar-refractivity contribution in [3.8, 4) is 0 Å². The highest BCUT2D eigenvalue weighted by atomic mass is 32.2. The van der Waals surface area contributed by atoms with Crippen LogP contribution in [0.2, 0.25) is 0 Å². The van der Waals surface area contributed by atoms with Gasteiger partial charge in [0.25, 0.3) is 0 Å². The van der Waals surface area contributed by atoms with Gasteiger partial charge in [-0.3, -0.25) is 0 Å². The molecule has 1 N–H and O–H groups in total. The maximum absolute atomic E-state index is 5.70. The van der Waals surface area contributed by atoms with Crippen LogP contribution in [0.4, 0.5) is 5.69 Å². The second kappa shape index (κ2) is 9.20. The first-order valence-electron chi connectivity index (χ1n) is 11.4. The summed E-state index contributed by atoms with van der Waals surface area (Å²) in [4.78, 5) is 4.48. The number of rotatable bonds is 6. The van der Waals surface area contributed by atoms with E-state index in [0.717, 1.165) is 72.7 Å². The van der Waals surface area contributed by atoms with E-state index in [1.54, 1.807) is 0 Å². The van der Waals surface area contributed by atoms with Crippen LogP contribution in [0.3, 0.4) is 0 Å². The number of hydrogen-bond acceptors (Lipinski definition) is 7. The fourth-order valence-electron chi connectivity index (χ4n) is 4.76. The van der Waals surface area contributed by atoms with Crippen molar-refractivity contribution in [1.29, 1.82) is 0 Å². The van der Waals surface area contributed by atoms with Gasteiger partial charge in [0.15, 0.2) is 16.6 Å². The van der Waals surface area contributed by atoms with E-state index in [-0.39, 0.29) is 0 Å². The summed E-state index contributed by atoms with van der Waals surface area (Å²) in [7, 11) is 2.10. The summed E-state index contributed by atoms with van der Waals surface area (Å²) in [6.45, 7) is 4.59. The molecule has 1 saturated heterocycles. The van der Waals surface area contributed by atoms with Gasteiger partial charge in [0.05, 0.1) is 0 Å². The van der Waals surface area contributed by atoms with E-state index in [4.69, 9.17) is 9.15 Å². The van der Waals surface area contributed by atoms with Crippen molar-refractivity contribution in [2.45, 2.75) is 56.5 Å². The van der Waals surface area contributed by atoms with Crippen molar-refractivity contribution < 1.29 is 9.15 Å². The van der Waals surface area contributed by atoms with Crippen molar-refractivity contribution in [2.24, 2.45) is 13.0 Å². The van der Waals surface area contributed by atoms with Crippen LogP contribution in [0, 0.1) is 12.8 Å². The number of nitrogens with zero attached hydrogens (tertiary/aromatic N) is 4. The smallest absolute Gasteiger partial charge is 0.192 e. The number of anilines is 1. The van der Waals surface area contributed by atoms with Crippen molar-refractivity contribution in [1.82, 2.24) is 19.7 Å². The third-order valence-electron chi connectivity index (χ3n) is 6.57. The largest absolute Gasteiger partial charge is 0.441 e. The Kier molecular flexibility index (Phi) is 6.18. The van der Waals surface area contributed by atoms with Gasteiger partial charge in [0.1, 0.15) is 11.3 Å². The summed E-state index contributed by atoms with van der Waals surface area (Å²) < 4.78 is 13.4. The van der Waals surface area contributed by atoms with Crippen molar-refractivity contribution >= 4 is 28.5 Å². The molecule has 5 rings (SSSR count). The number of fused-ring (bicyclic) bond motifs is 2. The van der Waals surface area contributed by atoms with E-state index in [1.165, 1.54) is 30.5 Å². The molecule has 0 saturated carbocycles. The number of nitrogens with one attached hydrogen (secondary N) is 1. The van der Waals surface area contributed by atoms with E-state index < -0.39 is 0 Å². The Labute approximate surface area is 187 Å². The molecular weight excluding hydrogens is 410 g/mol. The maximum atomic E-state index is 5.70. The van der Waals surface area contributed by atoms with Gasteiger partial charge in [0, 0.05) is 57.2 Å². The molecule has 166 valence electrons. The molecular formula is C23H31N5O2S. The van der Waals surface area contributed by atoms with Gasteiger partial charge in [0.2, 0.25) is 0 Å². The Bertz CT molecular complexity index is 995. The molecule has 1 atom stereocenters. The molecule has 8 heteroatoms. The molecule has 3 aromatic rings. The molecule has 1 unspecified atom stereocenters. The van der Waals surface area contributed by atoms with Crippen LogP contribution in [0.15, 0.2) is 21.7 Å². The molecule has 1 fully saturated rings. The molecule has 2 aliphatic rings. The molecule has 31 heavy (non-hydrogen) atoms. The molecule has 4 heterocycles. The number of ether oxygens (including phenoxy) is 1. The predicted molar refractivity (Wildman–Crippen MR) is 123 cm³/mol. The van der Waals surface area contributed by atoms with Gasteiger partial charge in [-0.25, -0.2) is 4.98 Å². The maximum Gasteiger partial charge on any atom is 0.192 e. The lowest BCUT2D eigenvalue weighted by molar-refractivity contribution is 0.0828. The standard InChI is InChI=1S/C23H31N5O2S/c1-15-25-20-12-18-6-5-16(14-24-19(18)13-21(20)30-15)4-3-11-31-23-27-26-22(28(23)2)17-7-9-29-10-8-17/h12-13,16-17,24H,3-11,14H2,1-2H3. The number of hydrogen-bond donors (Lipinski definition) is 1. The zero-order valence-electron chi connectivity index (χ0n) is 18.4. The van der Waals surface area contributed by atoms with Crippen LogP contribution < -0.4 is 5.32 Å². The Morgan fingerprint density at radius 3 is 2.94 bits per heavy atom. The zero-order valence-corrected chi connectivity index (χ0v) is 19.2. The number of oxazole rings is 1. The highest BCUT2D eigenvalue weighted by Gasteiger charge is 2.22. The third kappa shape index (κ3) is 4.60. The van der Waals surface area contributed by atoms with Gasteiger partial charge in [-0.1, -0.05) is 11.8 Å². The van der Waals surface area contributed by atoms with E-state index in [0.29, 0.717) is 11.8 Å². The van der Waals surface area contributed by atoms with Gasteiger partial charge in [-0.15, -0.1) is 10.2 Å². The summed E-state index contributed by atoms with van der Waals surface area (Å²) in [5, 5.41) is 13.6. The van der Waals surface area contributed by atoms with Crippen LogP contribution in [-0.4, -0.2) is 45.3 Å². The molecule has 0 radical (unpaired) electrons. The third-order valence-corrected chi connectivity index (χ3v) is 7.67. The first-order valence-corrected chi connectivity index (χ1v) is 12.4. The highest BCUT2D eigenvalue weighted by molar-refractivity contribution is 7.99. The highest BCUT2D eigenvalue weighted by Crippen LogP contribution is 2.31. The molecule has 0 bridgehead atoms. The Morgan fingerprint density at radius 1 is 1.19 bits per heavy atom. The first-order chi connectivity index (χ1) is 15.2. The van der Waals surface area contributed by atoms with Gasteiger partial charge < -0.3 is 19.0 Å². The normalized spacial score (nSPS) is 19.9. The second-order valence-corrected chi connectivity index (χ2v) is 9.83. The van der Waals surface area contributed by atoms with Crippen molar-refractivity contribution in [2.75, 3.05) is 30.8 Å². The minimum atomic E-state index is 0.487. The first kappa shape index (κ1) is 20.8. The minimum Gasteiger partial charge on any atom is -0.441 e. The van der Waals surface area contributed by atoms with Gasteiger partial charge in [-0.2, -0.15) is 0 Å². The average Bonchev–Trinajstić information content (AvgIpc) is 3.26. The van der Waals surface area contributed by atoms with Crippen molar-refractivity contribution in [3.05, 3.63) is 29.4 Å². The molecule has 2 aromatic heterocycles. The van der Waals surface area contributed by atoms with E-state index in [1.807, 2.05) is 18.7 Å². The fraction of sp³-hybridized carbons (Fsp3) is 0.609. The number of aryl methyl sites for hydroxylation is 2. The molecule has 0 spiro atoms. The predicted octanol–water partition coefficient (Wildman–Crippen LogP) is 4.71. The van der Waals surface area contributed by atoms with Gasteiger partial charge >= 0.3 is 0 Å². The van der Waals surface area contributed by atoms with Crippen LogP contribution in [0.25, 0.3) is 11.1 Å². The summed E-state index contributed by atoms with van der Waals surface area (Å²) >= 11 is 1.83. The summed E-state index contributed by atoms with van der Waals surface area (Å²) in [6, 6.07) is 4.31. The molecule has 0 amide bonds. The summed E-state index contributed by atoms with van der Waals surface area (Å²) in [5.41, 5.74) is 4.41. The lowest BCUT2D eigenvalue weighted by Crippen LogP contribution is -2.17. The van der Waals surface area contributed by atoms with Crippen molar-refractivity contribution in [3.63, 3.8) is 0 Å². The molecule has 1 aromatic carbocycles. The Morgan fingerprint density at radius 2 is 2.06 bits per heavy atom. The van der Waals surface area contributed by atoms with Gasteiger partial charge in [-0.05, 0) is 56.1 Å². The summed E-state index contributed by atoms with van der Waals surface area (Å²) in [5.74, 6) is 4.10. The van der Waals surface area contributed by atoms with Crippen LogP contribution >= 0.6 is 11.8 Å². The second-order valence-electron chi connectivity index (χ2n) is 8.77. The monoisotopic (exact) mass is 441 g/mol.